The summed E-state index contributed by atoms with van der Waals surface area (Å²) in [4.78, 5) is 24.3. The molecule has 6 nitrogen and oxygen atoms in total. The smallest absolute Gasteiger partial charge is 0.411 e. The van der Waals surface area contributed by atoms with E-state index in [0.29, 0.717) is 51.0 Å². The Bertz CT molecular complexity index is 949. The van der Waals surface area contributed by atoms with Gasteiger partial charge < -0.3 is 9.47 Å². The summed E-state index contributed by atoms with van der Waals surface area (Å²) in [5, 5.41) is 6.01. The molecule has 0 saturated carbocycles. The van der Waals surface area contributed by atoms with E-state index in [-0.39, 0.29) is 12.2 Å². The lowest BCUT2D eigenvalue weighted by atomic mass is 9.98. The summed E-state index contributed by atoms with van der Waals surface area (Å²) in [5.74, 6) is 0. The second kappa shape index (κ2) is 12.7. The maximum absolute atomic E-state index is 12.1. The number of nitrogens with one attached hydrogen (secondary N) is 2. The average molecular weight is 514 g/mol. The van der Waals surface area contributed by atoms with Crippen LogP contribution in [0.4, 0.5) is 21.0 Å². The molecule has 0 fully saturated rings. The lowest BCUT2D eigenvalue weighted by Crippen LogP contribution is -2.20. The molecule has 178 valence electrons. The van der Waals surface area contributed by atoms with E-state index in [4.69, 9.17) is 44.3 Å². The van der Waals surface area contributed by atoms with Crippen molar-refractivity contribution < 1.29 is 19.1 Å². The zero-order valence-corrected chi connectivity index (χ0v) is 21.1. The fraction of sp³-hybridized carbons (Fsp3) is 0.333. The molecule has 0 spiro atoms. The van der Waals surface area contributed by atoms with Crippen LogP contribution in [0.2, 0.25) is 10.0 Å². The topological polar surface area (TPSA) is 76.7 Å². The van der Waals surface area contributed by atoms with E-state index in [1.807, 2.05) is 13.8 Å². The summed E-state index contributed by atoms with van der Waals surface area (Å²) in [6.45, 7) is 7.44. The molecule has 0 radical (unpaired) electrons. The Balaban J connectivity index is 2.30. The lowest BCUT2D eigenvalue weighted by Gasteiger charge is -2.16. The van der Waals surface area contributed by atoms with Gasteiger partial charge in [-0.25, -0.2) is 9.59 Å². The number of ether oxygens (including phenoxy) is 2. The fourth-order valence-electron chi connectivity index (χ4n) is 2.68. The van der Waals surface area contributed by atoms with Crippen molar-refractivity contribution in [3.05, 3.63) is 63.1 Å². The molecule has 33 heavy (non-hydrogen) atoms. The summed E-state index contributed by atoms with van der Waals surface area (Å²) in [5.41, 5.74) is 4.15. The summed E-state index contributed by atoms with van der Waals surface area (Å²) in [6.07, 6.45) is -0.263. The van der Waals surface area contributed by atoms with Gasteiger partial charge in [-0.2, -0.15) is 0 Å². The summed E-state index contributed by atoms with van der Waals surface area (Å²) in [6, 6.07) is 10.2. The Morgan fingerprint density at radius 3 is 1.58 bits per heavy atom. The second-order valence-electron chi connectivity index (χ2n) is 7.41. The highest BCUT2D eigenvalue weighted by Gasteiger charge is 2.15. The molecule has 0 aliphatic rings. The van der Waals surface area contributed by atoms with Crippen LogP contribution in [0.1, 0.15) is 51.7 Å². The van der Waals surface area contributed by atoms with Gasteiger partial charge in [-0.05, 0) is 62.1 Å². The molecule has 0 aliphatic heterocycles. The van der Waals surface area contributed by atoms with Gasteiger partial charge in [0.2, 0.25) is 0 Å². The van der Waals surface area contributed by atoms with Crippen LogP contribution in [-0.2, 0) is 9.47 Å². The molecule has 0 aromatic heterocycles. The van der Waals surface area contributed by atoms with Gasteiger partial charge in [0.15, 0.2) is 0 Å². The van der Waals surface area contributed by atoms with Gasteiger partial charge in [-0.1, -0.05) is 60.8 Å². The monoisotopic (exact) mass is 512 g/mol. The average Bonchev–Trinajstić information content (AvgIpc) is 2.78. The van der Waals surface area contributed by atoms with Gasteiger partial charge in [-0.15, -0.1) is 0 Å². The van der Waals surface area contributed by atoms with Crippen LogP contribution in [0.3, 0.4) is 0 Å². The molecule has 0 saturated heterocycles. The zero-order chi connectivity index (χ0) is 24.5. The van der Waals surface area contributed by atoms with Crippen molar-refractivity contribution in [3.8, 4) is 0 Å². The highest BCUT2D eigenvalue weighted by molar-refractivity contribution is 6.34. The molecular weight excluding hydrogens is 487 g/mol. The standard InChI is InChI=1S/C24H27Cl3N2O4/c1-5-14(3)32-23(30)28-21-11-16(7-9-19(21)26)18(13-25)17-8-10-20(27)22(12-17)29-24(31)33-15(4)6-2/h7-15H,5-6H2,1-4H3,(H,28,30)(H,29,31). The SMILES string of the molecule is CCC(C)OC(=O)Nc1cc(C(=CCl)c2ccc(Cl)c(NC(=O)OC(C)CC)c2)ccc1Cl. The van der Waals surface area contributed by atoms with E-state index >= 15 is 0 Å². The number of anilines is 2. The van der Waals surface area contributed by atoms with Gasteiger partial charge in [0.05, 0.1) is 21.4 Å². The molecule has 2 atom stereocenters. The van der Waals surface area contributed by atoms with Crippen LogP contribution >= 0.6 is 34.8 Å². The van der Waals surface area contributed by atoms with Crippen molar-refractivity contribution in [3.63, 3.8) is 0 Å². The first-order valence-corrected chi connectivity index (χ1v) is 11.7. The third-order valence-electron chi connectivity index (χ3n) is 4.90. The van der Waals surface area contributed by atoms with E-state index in [1.54, 1.807) is 50.2 Å². The van der Waals surface area contributed by atoms with E-state index in [1.165, 1.54) is 5.54 Å². The first-order valence-electron chi connectivity index (χ1n) is 10.5. The summed E-state index contributed by atoms with van der Waals surface area (Å²) >= 11 is 18.7. The second-order valence-corrected chi connectivity index (χ2v) is 8.44. The summed E-state index contributed by atoms with van der Waals surface area (Å²) < 4.78 is 10.5. The van der Waals surface area contributed by atoms with Gasteiger partial charge in [0.1, 0.15) is 12.2 Å². The predicted molar refractivity (Wildman–Crippen MR) is 136 cm³/mol. The Hall–Kier alpha value is -2.41. The number of halogens is 3. The summed E-state index contributed by atoms with van der Waals surface area (Å²) in [7, 11) is 0. The molecule has 2 aromatic rings. The third kappa shape index (κ3) is 7.84. The molecule has 2 unspecified atom stereocenters. The lowest BCUT2D eigenvalue weighted by molar-refractivity contribution is 0.117. The molecule has 0 aliphatic carbocycles. The fourth-order valence-corrected chi connectivity index (χ4v) is 3.26. The Morgan fingerprint density at radius 1 is 0.848 bits per heavy atom. The van der Waals surface area contributed by atoms with E-state index in [2.05, 4.69) is 10.6 Å². The van der Waals surface area contributed by atoms with Gasteiger partial charge in [0, 0.05) is 11.1 Å². The van der Waals surface area contributed by atoms with E-state index in [9.17, 15) is 9.59 Å². The van der Waals surface area contributed by atoms with Crippen molar-refractivity contribution >= 4 is 63.9 Å². The zero-order valence-electron chi connectivity index (χ0n) is 18.9. The number of hydrogen-bond donors (Lipinski definition) is 2. The largest absolute Gasteiger partial charge is 0.446 e. The van der Waals surface area contributed by atoms with Crippen LogP contribution in [0.15, 0.2) is 41.9 Å². The van der Waals surface area contributed by atoms with Crippen LogP contribution in [0.5, 0.6) is 0 Å². The third-order valence-corrected chi connectivity index (χ3v) is 5.78. The minimum absolute atomic E-state index is 0.225. The van der Waals surface area contributed by atoms with Crippen LogP contribution in [0.25, 0.3) is 5.57 Å². The Labute approximate surface area is 209 Å². The van der Waals surface area contributed by atoms with Crippen molar-refractivity contribution in [1.29, 1.82) is 0 Å². The first kappa shape index (κ1) is 26.8. The van der Waals surface area contributed by atoms with Crippen molar-refractivity contribution in [2.24, 2.45) is 0 Å². The highest BCUT2D eigenvalue weighted by Crippen LogP contribution is 2.33. The molecule has 9 heteroatoms. The number of hydrogen-bond acceptors (Lipinski definition) is 4. The molecule has 2 aromatic carbocycles. The van der Waals surface area contributed by atoms with Crippen molar-refractivity contribution in [2.75, 3.05) is 10.6 Å². The molecule has 2 amide bonds. The van der Waals surface area contributed by atoms with Gasteiger partial charge in [0.25, 0.3) is 0 Å². The molecule has 2 N–H and O–H groups in total. The van der Waals surface area contributed by atoms with E-state index in [0.717, 1.165) is 0 Å². The van der Waals surface area contributed by atoms with Crippen molar-refractivity contribution in [2.45, 2.75) is 52.7 Å². The molecule has 0 heterocycles. The predicted octanol–water partition coefficient (Wildman–Crippen LogP) is 8.32. The molecule has 0 bridgehead atoms. The quantitative estimate of drug-likeness (QED) is 0.372. The normalized spacial score (nSPS) is 12.3. The highest BCUT2D eigenvalue weighted by atomic mass is 35.5. The number of benzene rings is 2. The minimum atomic E-state index is -0.599. The maximum Gasteiger partial charge on any atom is 0.411 e. The number of rotatable bonds is 8. The minimum Gasteiger partial charge on any atom is -0.446 e. The Morgan fingerprint density at radius 2 is 1.24 bits per heavy atom. The van der Waals surface area contributed by atoms with Crippen LogP contribution in [-0.4, -0.2) is 24.4 Å². The Kier molecular flexibility index (Phi) is 10.4. The molecular formula is C24H27Cl3N2O4. The van der Waals surface area contributed by atoms with Crippen molar-refractivity contribution in [1.82, 2.24) is 0 Å². The number of carbonyl (C=O) groups excluding carboxylic acids is 2. The van der Waals surface area contributed by atoms with Crippen LogP contribution in [0, 0.1) is 0 Å². The molecule has 2 rings (SSSR count). The number of amides is 2. The number of carbonyl (C=O) groups is 2. The van der Waals surface area contributed by atoms with Gasteiger partial charge in [-0.3, -0.25) is 10.6 Å². The van der Waals surface area contributed by atoms with E-state index < -0.39 is 12.2 Å². The van der Waals surface area contributed by atoms with Gasteiger partial charge >= 0.3 is 12.2 Å². The maximum atomic E-state index is 12.1. The first-order chi connectivity index (χ1) is 15.7. The van der Waals surface area contributed by atoms with Crippen LogP contribution < -0.4 is 10.6 Å².